The molecule has 0 aliphatic carbocycles. The summed E-state index contributed by atoms with van der Waals surface area (Å²) in [5.74, 6) is -1.58. The van der Waals surface area contributed by atoms with Gasteiger partial charge in [0.05, 0.1) is 37.0 Å². The van der Waals surface area contributed by atoms with Crippen LogP contribution in [0.5, 0.6) is 5.88 Å². The van der Waals surface area contributed by atoms with Gasteiger partial charge in [-0.05, 0) is 25.1 Å². The molecule has 1 atom stereocenters. The zero-order valence-corrected chi connectivity index (χ0v) is 17.3. The maximum Gasteiger partial charge on any atom is 0.345 e. The zero-order chi connectivity index (χ0) is 21.4. The van der Waals surface area contributed by atoms with E-state index in [0.717, 1.165) is 6.07 Å². The van der Waals surface area contributed by atoms with Crippen LogP contribution in [0.4, 0.5) is 4.39 Å². The molecule has 0 bridgehead atoms. The molecule has 0 amide bonds. The van der Waals surface area contributed by atoms with E-state index in [0.29, 0.717) is 0 Å². The summed E-state index contributed by atoms with van der Waals surface area (Å²) in [6.07, 6.45) is 0. The van der Waals surface area contributed by atoms with Crippen LogP contribution in [0.25, 0.3) is 11.3 Å². The van der Waals surface area contributed by atoms with Gasteiger partial charge in [0.25, 0.3) is 0 Å². The summed E-state index contributed by atoms with van der Waals surface area (Å²) in [6, 6.07) is 3.48. The number of benzene rings is 1. The summed E-state index contributed by atoms with van der Waals surface area (Å²) in [5.41, 5.74) is -0.686. The van der Waals surface area contributed by atoms with Gasteiger partial charge in [0.15, 0.2) is 9.84 Å². The first-order chi connectivity index (χ1) is 13.7. The van der Waals surface area contributed by atoms with Crippen LogP contribution >= 0.6 is 0 Å². The number of esters is 1. The van der Waals surface area contributed by atoms with Gasteiger partial charge in [-0.15, -0.1) is 0 Å². The van der Waals surface area contributed by atoms with Gasteiger partial charge in [-0.2, -0.15) is 5.10 Å². The van der Waals surface area contributed by atoms with E-state index in [-0.39, 0.29) is 59.7 Å². The van der Waals surface area contributed by atoms with Crippen molar-refractivity contribution in [1.29, 1.82) is 0 Å². The number of sulfone groups is 1. The van der Waals surface area contributed by atoms with Crippen LogP contribution in [0.2, 0.25) is 0 Å². The van der Waals surface area contributed by atoms with Gasteiger partial charge in [0.1, 0.15) is 17.1 Å². The van der Waals surface area contributed by atoms with Crippen molar-refractivity contribution in [3.8, 4) is 17.1 Å². The number of ether oxygens (including phenoxy) is 2. The number of hydrogen-bond acceptors (Lipinski definition) is 7. The molecular weight excluding hydrogens is 403 g/mol. The highest BCUT2D eigenvalue weighted by atomic mass is 32.2. The molecule has 0 fully saturated rings. The molecule has 2 aromatic rings. The van der Waals surface area contributed by atoms with Crippen molar-refractivity contribution < 1.29 is 32.2 Å². The first-order valence-corrected chi connectivity index (χ1v) is 10.8. The number of carbonyl (C=O) groups excluding carboxylic acids is 1. The van der Waals surface area contributed by atoms with Gasteiger partial charge in [-0.25, -0.2) is 22.3 Å². The summed E-state index contributed by atoms with van der Waals surface area (Å²) >= 11 is 0. The van der Waals surface area contributed by atoms with Crippen LogP contribution in [-0.2, 0) is 21.1 Å². The standard InChI is InChI=1S/C19H23FN2O6S/c1-4-27-18(24)15-16(21-22-9-19(3,10-23)11-28-17(15)22)13-7-6-12(8-14(13)20)29(25,26)5-2/h6-8,23H,4-5,9-11H2,1-3H3. The van der Waals surface area contributed by atoms with Crippen molar-refractivity contribution in [2.45, 2.75) is 32.2 Å². The molecule has 2 heterocycles. The molecule has 1 aliphatic rings. The Labute approximate surface area is 168 Å². The number of aliphatic hydroxyl groups is 1. The van der Waals surface area contributed by atoms with E-state index in [1.165, 1.54) is 23.7 Å². The summed E-state index contributed by atoms with van der Waals surface area (Å²) in [7, 11) is -3.59. The summed E-state index contributed by atoms with van der Waals surface area (Å²) in [5, 5.41) is 13.9. The molecule has 29 heavy (non-hydrogen) atoms. The van der Waals surface area contributed by atoms with E-state index < -0.39 is 27.0 Å². The lowest BCUT2D eigenvalue weighted by Crippen LogP contribution is -2.38. The number of rotatable bonds is 6. The Balaban J connectivity index is 2.16. The third-order valence-corrected chi connectivity index (χ3v) is 6.52. The highest BCUT2D eigenvalue weighted by Crippen LogP contribution is 2.38. The van der Waals surface area contributed by atoms with Gasteiger partial charge >= 0.3 is 5.97 Å². The fourth-order valence-electron chi connectivity index (χ4n) is 3.07. The minimum absolute atomic E-state index is 0.00131. The lowest BCUT2D eigenvalue weighted by Gasteiger charge is -2.32. The average Bonchev–Trinajstić information content (AvgIpc) is 3.05. The second kappa shape index (κ2) is 7.75. The third kappa shape index (κ3) is 3.86. The van der Waals surface area contributed by atoms with Crippen LogP contribution in [0.1, 0.15) is 31.1 Å². The molecule has 158 valence electrons. The number of hydrogen-bond donors (Lipinski definition) is 1. The van der Waals surface area contributed by atoms with E-state index in [2.05, 4.69) is 5.10 Å². The van der Waals surface area contributed by atoms with Gasteiger partial charge < -0.3 is 14.6 Å². The molecule has 1 N–H and O–H groups in total. The zero-order valence-electron chi connectivity index (χ0n) is 16.4. The first-order valence-electron chi connectivity index (χ1n) is 9.20. The number of halogens is 1. The molecule has 1 aromatic carbocycles. The number of aliphatic hydroxyl groups excluding tert-OH is 1. The van der Waals surface area contributed by atoms with Crippen LogP contribution in [0.15, 0.2) is 23.1 Å². The first kappa shape index (κ1) is 21.3. The van der Waals surface area contributed by atoms with Crippen LogP contribution < -0.4 is 4.74 Å². The van der Waals surface area contributed by atoms with Crippen molar-refractivity contribution in [3.05, 3.63) is 29.6 Å². The van der Waals surface area contributed by atoms with E-state index >= 15 is 0 Å². The number of nitrogens with zero attached hydrogens (tertiary/aromatic N) is 2. The highest BCUT2D eigenvalue weighted by molar-refractivity contribution is 7.91. The number of aromatic nitrogens is 2. The van der Waals surface area contributed by atoms with Crippen molar-refractivity contribution in [2.24, 2.45) is 5.41 Å². The molecule has 1 aromatic heterocycles. The summed E-state index contributed by atoms with van der Waals surface area (Å²) < 4.78 is 51.1. The molecule has 8 nitrogen and oxygen atoms in total. The molecular formula is C19H23FN2O6S. The predicted octanol–water partition coefficient (Wildman–Crippen LogP) is 2.05. The Morgan fingerprint density at radius 2 is 2.14 bits per heavy atom. The van der Waals surface area contributed by atoms with Gasteiger partial charge in [0, 0.05) is 11.0 Å². The highest BCUT2D eigenvalue weighted by Gasteiger charge is 2.37. The number of fused-ring (bicyclic) bond motifs is 1. The molecule has 1 aliphatic heterocycles. The van der Waals surface area contributed by atoms with Gasteiger partial charge in [-0.1, -0.05) is 13.8 Å². The maximum absolute atomic E-state index is 14.9. The van der Waals surface area contributed by atoms with E-state index in [9.17, 15) is 22.7 Å². The average molecular weight is 426 g/mol. The topological polar surface area (TPSA) is 108 Å². The Bertz CT molecular complexity index is 1050. The Hall–Kier alpha value is -2.46. The molecule has 0 saturated heterocycles. The normalized spacial score (nSPS) is 18.8. The minimum atomic E-state index is -3.59. The molecule has 0 radical (unpaired) electrons. The van der Waals surface area contributed by atoms with Crippen molar-refractivity contribution in [3.63, 3.8) is 0 Å². The van der Waals surface area contributed by atoms with Gasteiger partial charge in [-0.3, -0.25) is 0 Å². The van der Waals surface area contributed by atoms with Crippen molar-refractivity contribution in [1.82, 2.24) is 9.78 Å². The van der Waals surface area contributed by atoms with E-state index in [1.54, 1.807) is 13.8 Å². The predicted molar refractivity (Wildman–Crippen MR) is 102 cm³/mol. The molecule has 10 heteroatoms. The van der Waals surface area contributed by atoms with Gasteiger partial charge in [0.2, 0.25) is 5.88 Å². The largest absolute Gasteiger partial charge is 0.476 e. The fourth-order valence-corrected chi connectivity index (χ4v) is 3.96. The van der Waals surface area contributed by atoms with Crippen LogP contribution in [0, 0.1) is 11.2 Å². The monoisotopic (exact) mass is 426 g/mol. The minimum Gasteiger partial charge on any atom is -0.476 e. The molecule has 0 saturated carbocycles. The lowest BCUT2D eigenvalue weighted by molar-refractivity contribution is 0.0281. The second-order valence-corrected chi connectivity index (χ2v) is 9.49. The van der Waals surface area contributed by atoms with E-state index in [4.69, 9.17) is 9.47 Å². The van der Waals surface area contributed by atoms with Crippen LogP contribution in [0.3, 0.4) is 0 Å². The third-order valence-electron chi connectivity index (χ3n) is 4.79. The second-order valence-electron chi connectivity index (χ2n) is 7.21. The smallest absolute Gasteiger partial charge is 0.345 e. The summed E-state index contributed by atoms with van der Waals surface area (Å²) in [6.45, 7) is 5.27. The Morgan fingerprint density at radius 1 is 1.41 bits per heavy atom. The van der Waals surface area contributed by atoms with Crippen LogP contribution in [-0.4, -0.2) is 54.8 Å². The summed E-state index contributed by atoms with van der Waals surface area (Å²) in [4.78, 5) is 12.4. The number of carbonyl (C=O) groups is 1. The molecule has 0 spiro atoms. The quantitative estimate of drug-likeness (QED) is 0.705. The van der Waals surface area contributed by atoms with Crippen molar-refractivity contribution >= 4 is 15.8 Å². The fraction of sp³-hybridized carbons (Fsp3) is 0.474. The Morgan fingerprint density at radius 3 is 2.72 bits per heavy atom. The maximum atomic E-state index is 14.9. The van der Waals surface area contributed by atoms with E-state index in [1.807, 2.05) is 0 Å². The SMILES string of the molecule is CCOC(=O)c1c(-c2ccc(S(=O)(=O)CC)cc2F)nn2c1OCC(C)(CO)C2. The molecule has 1 unspecified atom stereocenters. The lowest BCUT2D eigenvalue weighted by atomic mass is 9.92. The van der Waals surface area contributed by atoms with Crippen molar-refractivity contribution in [2.75, 3.05) is 25.6 Å². The molecule has 3 rings (SSSR count). The Kier molecular flexibility index (Phi) is 5.68.